The van der Waals surface area contributed by atoms with Crippen LogP contribution in [0.15, 0.2) is 47.6 Å². The highest BCUT2D eigenvalue weighted by molar-refractivity contribution is 7.89. The molecule has 0 atom stereocenters. The number of sulfonamides is 1. The van der Waals surface area contributed by atoms with Crippen LogP contribution >= 0.6 is 0 Å². The van der Waals surface area contributed by atoms with Crippen LogP contribution in [0.2, 0.25) is 0 Å². The molecule has 9 heteroatoms. The summed E-state index contributed by atoms with van der Waals surface area (Å²) in [5.74, 6) is 2.13. The van der Waals surface area contributed by atoms with Crippen LogP contribution in [-0.2, 0) is 10.0 Å². The van der Waals surface area contributed by atoms with Crippen molar-refractivity contribution in [2.45, 2.75) is 25.7 Å². The average molecular weight is 413 g/mol. The van der Waals surface area contributed by atoms with Crippen LogP contribution in [0.5, 0.6) is 0 Å². The van der Waals surface area contributed by atoms with Crippen LogP contribution in [0.25, 0.3) is 5.82 Å². The Morgan fingerprint density at radius 3 is 2.34 bits per heavy atom. The summed E-state index contributed by atoms with van der Waals surface area (Å²) in [5, 5.41) is 4.23. The molecule has 0 spiro atoms. The molecular formula is C20H24N6O2S. The average Bonchev–Trinajstić information content (AvgIpc) is 3.24. The SMILES string of the molecule is Cc1ccc(C)c(S(=O)(=O)N2CCN(c3cc(-n4cccn4)nc(C)n3)CC2)c1. The standard InChI is InChI=1S/C20H24N6O2S/c1-15-5-6-16(2)18(13-15)29(27,28)25-11-9-24(10-12-25)19-14-20(23-17(3)22-19)26-8-4-7-21-26/h4-8,13-14H,9-12H2,1-3H3. The first-order valence-corrected chi connectivity index (χ1v) is 11.0. The lowest BCUT2D eigenvalue weighted by Gasteiger charge is -2.35. The zero-order chi connectivity index (χ0) is 20.6. The molecule has 3 aromatic rings. The molecule has 3 heterocycles. The first-order valence-electron chi connectivity index (χ1n) is 9.53. The van der Waals surface area contributed by atoms with Gasteiger partial charge in [-0.3, -0.25) is 0 Å². The normalized spacial score (nSPS) is 15.6. The lowest BCUT2D eigenvalue weighted by atomic mass is 10.2. The number of rotatable bonds is 4. The van der Waals surface area contributed by atoms with E-state index >= 15 is 0 Å². The van der Waals surface area contributed by atoms with E-state index in [4.69, 9.17) is 0 Å². The lowest BCUT2D eigenvalue weighted by Crippen LogP contribution is -2.49. The van der Waals surface area contributed by atoms with E-state index in [1.165, 1.54) is 0 Å². The molecule has 0 amide bonds. The van der Waals surface area contributed by atoms with Gasteiger partial charge in [0.15, 0.2) is 5.82 Å². The Morgan fingerprint density at radius 2 is 1.66 bits per heavy atom. The highest BCUT2D eigenvalue weighted by Crippen LogP contribution is 2.24. The van der Waals surface area contributed by atoms with E-state index in [1.54, 1.807) is 21.3 Å². The smallest absolute Gasteiger partial charge is 0.243 e. The van der Waals surface area contributed by atoms with Crippen LogP contribution in [0, 0.1) is 20.8 Å². The highest BCUT2D eigenvalue weighted by Gasteiger charge is 2.30. The monoisotopic (exact) mass is 412 g/mol. The number of anilines is 1. The van der Waals surface area contributed by atoms with Gasteiger partial charge in [0.1, 0.15) is 11.6 Å². The fourth-order valence-electron chi connectivity index (χ4n) is 3.50. The second-order valence-corrected chi connectivity index (χ2v) is 9.15. The van der Waals surface area contributed by atoms with Crippen LogP contribution in [-0.4, -0.2) is 58.7 Å². The molecule has 152 valence electrons. The van der Waals surface area contributed by atoms with Gasteiger partial charge in [0.05, 0.1) is 4.90 Å². The third-order valence-corrected chi connectivity index (χ3v) is 7.11. The van der Waals surface area contributed by atoms with Gasteiger partial charge in [-0.1, -0.05) is 12.1 Å². The van der Waals surface area contributed by atoms with Crippen molar-refractivity contribution >= 4 is 15.8 Å². The molecule has 0 radical (unpaired) electrons. The maximum Gasteiger partial charge on any atom is 0.243 e. The van der Waals surface area contributed by atoms with Gasteiger partial charge in [-0.15, -0.1) is 0 Å². The summed E-state index contributed by atoms with van der Waals surface area (Å²) in [7, 11) is -3.51. The zero-order valence-electron chi connectivity index (χ0n) is 16.8. The topological polar surface area (TPSA) is 84.2 Å². The molecular weight excluding hydrogens is 388 g/mol. The number of hydrogen-bond donors (Lipinski definition) is 0. The molecule has 29 heavy (non-hydrogen) atoms. The van der Waals surface area contributed by atoms with E-state index < -0.39 is 10.0 Å². The van der Waals surface area contributed by atoms with E-state index in [0.717, 1.165) is 16.9 Å². The van der Waals surface area contributed by atoms with Crippen molar-refractivity contribution in [1.29, 1.82) is 0 Å². The molecule has 4 rings (SSSR count). The van der Waals surface area contributed by atoms with Gasteiger partial charge in [-0.05, 0) is 44.0 Å². The number of hydrogen-bond acceptors (Lipinski definition) is 6. The van der Waals surface area contributed by atoms with E-state index in [0.29, 0.717) is 42.7 Å². The van der Waals surface area contributed by atoms with E-state index in [1.807, 2.05) is 51.2 Å². The van der Waals surface area contributed by atoms with Crippen LogP contribution in [0.4, 0.5) is 5.82 Å². The molecule has 0 saturated carbocycles. The van der Waals surface area contributed by atoms with Gasteiger partial charge in [-0.2, -0.15) is 9.40 Å². The largest absolute Gasteiger partial charge is 0.354 e. The van der Waals surface area contributed by atoms with Gasteiger partial charge in [0, 0.05) is 44.6 Å². The van der Waals surface area contributed by atoms with Gasteiger partial charge >= 0.3 is 0 Å². The van der Waals surface area contributed by atoms with E-state index in [-0.39, 0.29) is 0 Å². The molecule has 8 nitrogen and oxygen atoms in total. The minimum absolute atomic E-state index is 0.393. The molecule has 1 aliphatic rings. The van der Waals surface area contributed by atoms with Gasteiger partial charge < -0.3 is 4.90 Å². The molecule has 1 aliphatic heterocycles. The third-order valence-electron chi connectivity index (χ3n) is 5.07. The summed E-state index contributed by atoms with van der Waals surface area (Å²) >= 11 is 0. The van der Waals surface area contributed by atoms with E-state index in [9.17, 15) is 8.42 Å². The number of aromatic nitrogens is 4. The maximum atomic E-state index is 13.1. The van der Waals surface area contributed by atoms with Crippen LogP contribution < -0.4 is 4.90 Å². The summed E-state index contributed by atoms with van der Waals surface area (Å²) in [6.45, 7) is 7.55. The first-order chi connectivity index (χ1) is 13.8. The summed E-state index contributed by atoms with van der Waals surface area (Å²) in [6.07, 6.45) is 3.54. The highest BCUT2D eigenvalue weighted by atomic mass is 32.2. The first kappa shape index (κ1) is 19.5. The Hall–Kier alpha value is -2.78. The van der Waals surface area contributed by atoms with Crippen molar-refractivity contribution in [3.05, 3.63) is 59.7 Å². The number of benzene rings is 1. The second kappa shape index (κ2) is 7.57. The van der Waals surface area contributed by atoms with Crippen molar-refractivity contribution in [2.75, 3.05) is 31.1 Å². The van der Waals surface area contributed by atoms with Gasteiger partial charge in [-0.25, -0.2) is 23.1 Å². The molecule has 1 fully saturated rings. The van der Waals surface area contributed by atoms with E-state index in [2.05, 4.69) is 20.0 Å². The molecule has 0 N–H and O–H groups in total. The fraction of sp³-hybridized carbons (Fsp3) is 0.350. The molecule has 0 unspecified atom stereocenters. The zero-order valence-corrected chi connectivity index (χ0v) is 17.6. The van der Waals surface area contributed by atoms with Crippen molar-refractivity contribution in [3.63, 3.8) is 0 Å². The Bertz CT molecular complexity index is 1120. The molecule has 1 saturated heterocycles. The summed E-state index contributed by atoms with van der Waals surface area (Å²) in [6, 6.07) is 9.27. The summed E-state index contributed by atoms with van der Waals surface area (Å²) in [4.78, 5) is 11.5. The minimum atomic E-state index is -3.51. The Morgan fingerprint density at radius 1 is 0.931 bits per heavy atom. The Labute approximate surface area is 170 Å². The van der Waals surface area contributed by atoms with Crippen molar-refractivity contribution < 1.29 is 8.42 Å². The predicted molar refractivity (Wildman–Crippen MR) is 111 cm³/mol. The minimum Gasteiger partial charge on any atom is -0.354 e. The second-order valence-electron chi connectivity index (χ2n) is 7.24. The maximum absolute atomic E-state index is 13.1. The number of piperazine rings is 1. The Balaban J connectivity index is 1.53. The molecule has 2 aromatic heterocycles. The molecule has 0 bridgehead atoms. The Kier molecular flexibility index (Phi) is 5.10. The quantitative estimate of drug-likeness (QED) is 0.653. The molecule has 1 aromatic carbocycles. The predicted octanol–water partition coefficient (Wildman–Crippen LogP) is 2.10. The number of aryl methyl sites for hydroxylation is 3. The van der Waals surface area contributed by atoms with Crippen LogP contribution in [0.3, 0.4) is 0 Å². The third kappa shape index (κ3) is 3.88. The van der Waals surface area contributed by atoms with Crippen molar-refractivity contribution in [2.24, 2.45) is 0 Å². The van der Waals surface area contributed by atoms with Crippen LogP contribution in [0.1, 0.15) is 17.0 Å². The van der Waals surface area contributed by atoms with Crippen molar-refractivity contribution in [3.8, 4) is 5.82 Å². The molecule has 0 aliphatic carbocycles. The van der Waals surface area contributed by atoms with Crippen molar-refractivity contribution in [1.82, 2.24) is 24.1 Å². The van der Waals surface area contributed by atoms with Gasteiger partial charge in [0.25, 0.3) is 0 Å². The fourth-order valence-corrected chi connectivity index (χ4v) is 5.23. The number of nitrogens with zero attached hydrogens (tertiary/aromatic N) is 6. The lowest BCUT2D eigenvalue weighted by molar-refractivity contribution is 0.383. The summed E-state index contributed by atoms with van der Waals surface area (Å²) in [5.41, 5.74) is 1.71. The summed E-state index contributed by atoms with van der Waals surface area (Å²) < 4.78 is 29.5. The van der Waals surface area contributed by atoms with Gasteiger partial charge in [0.2, 0.25) is 10.0 Å².